The van der Waals surface area contributed by atoms with E-state index in [0.29, 0.717) is 11.8 Å². The van der Waals surface area contributed by atoms with Gasteiger partial charge in [0.2, 0.25) is 0 Å². The second-order valence-corrected chi connectivity index (χ2v) is 3.74. The van der Waals surface area contributed by atoms with Gasteiger partial charge in [-0.2, -0.15) is 0 Å². The van der Waals surface area contributed by atoms with Gasteiger partial charge in [-0.05, 0) is 18.8 Å². The largest absolute Gasteiger partial charge is 0.120 e. The summed E-state index contributed by atoms with van der Waals surface area (Å²) in [5.74, 6) is 4.01. The Kier molecular flexibility index (Phi) is 2.96. The SMILES string of the molecule is C#CC(C)(C(C)C)C(C)C. The first kappa shape index (κ1) is 9.56. The van der Waals surface area contributed by atoms with Gasteiger partial charge in [-0.25, -0.2) is 0 Å². The van der Waals surface area contributed by atoms with Gasteiger partial charge >= 0.3 is 0 Å². The Morgan fingerprint density at radius 1 is 1.10 bits per heavy atom. The van der Waals surface area contributed by atoms with Crippen LogP contribution in [-0.4, -0.2) is 0 Å². The highest BCUT2D eigenvalue weighted by molar-refractivity contribution is 5.06. The molecule has 0 bridgehead atoms. The molecule has 0 aromatic carbocycles. The normalized spacial score (nSPS) is 12.2. The molecule has 0 heteroatoms. The van der Waals surface area contributed by atoms with Crippen LogP contribution in [0.5, 0.6) is 0 Å². The highest BCUT2D eigenvalue weighted by Gasteiger charge is 2.29. The van der Waals surface area contributed by atoms with Crippen molar-refractivity contribution in [2.45, 2.75) is 34.6 Å². The van der Waals surface area contributed by atoms with Crippen molar-refractivity contribution in [1.82, 2.24) is 0 Å². The molecule has 0 aromatic heterocycles. The lowest BCUT2D eigenvalue weighted by Crippen LogP contribution is -2.27. The smallest absolute Gasteiger partial charge is 0.0329 e. The molecular formula is C10H18. The van der Waals surface area contributed by atoms with Crippen molar-refractivity contribution in [3.8, 4) is 12.3 Å². The zero-order valence-electron chi connectivity index (χ0n) is 7.73. The van der Waals surface area contributed by atoms with Crippen LogP contribution >= 0.6 is 0 Å². The molecule has 0 fully saturated rings. The molecule has 58 valence electrons. The zero-order valence-corrected chi connectivity index (χ0v) is 7.73. The summed E-state index contributed by atoms with van der Waals surface area (Å²) < 4.78 is 0. The van der Waals surface area contributed by atoms with Crippen LogP contribution in [-0.2, 0) is 0 Å². The van der Waals surface area contributed by atoms with Crippen molar-refractivity contribution in [1.29, 1.82) is 0 Å². The Bertz CT molecular complexity index is 127. The highest BCUT2D eigenvalue weighted by Crippen LogP contribution is 2.33. The van der Waals surface area contributed by atoms with Gasteiger partial charge in [0.1, 0.15) is 0 Å². The lowest BCUT2D eigenvalue weighted by Gasteiger charge is -2.32. The van der Waals surface area contributed by atoms with Crippen LogP contribution in [0.1, 0.15) is 34.6 Å². The molecule has 0 nitrogen and oxygen atoms in total. The van der Waals surface area contributed by atoms with E-state index in [0.717, 1.165) is 0 Å². The van der Waals surface area contributed by atoms with E-state index in [-0.39, 0.29) is 5.41 Å². The van der Waals surface area contributed by atoms with E-state index < -0.39 is 0 Å². The lowest BCUT2D eigenvalue weighted by atomic mass is 9.71. The fraction of sp³-hybridized carbons (Fsp3) is 0.800. The first-order valence-electron chi connectivity index (χ1n) is 3.93. The minimum Gasteiger partial charge on any atom is -0.120 e. The molecule has 10 heavy (non-hydrogen) atoms. The van der Waals surface area contributed by atoms with E-state index in [1.807, 2.05) is 0 Å². The molecular weight excluding hydrogens is 120 g/mol. The summed E-state index contributed by atoms with van der Waals surface area (Å²) in [7, 11) is 0. The maximum Gasteiger partial charge on any atom is 0.0329 e. The van der Waals surface area contributed by atoms with Crippen LogP contribution in [0.15, 0.2) is 0 Å². The van der Waals surface area contributed by atoms with E-state index in [9.17, 15) is 0 Å². The maximum atomic E-state index is 5.46. The molecule has 0 aliphatic carbocycles. The third-order valence-corrected chi connectivity index (χ3v) is 2.71. The van der Waals surface area contributed by atoms with E-state index in [1.54, 1.807) is 0 Å². The van der Waals surface area contributed by atoms with Crippen LogP contribution in [0.3, 0.4) is 0 Å². The summed E-state index contributed by atoms with van der Waals surface area (Å²) in [6, 6.07) is 0. The van der Waals surface area contributed by atoms with Gasteiger partial charge in [0, 0.05) is 5.41 Å². The first-order valence-corrected chi connectivity index (χ1v) is 3.93. The molecule has 0 N–H and O–H groups in total. The van der Waals surface area contributed by atoms with Gasteiger partial charge in [0.05, 0.1) is 0 Å². The fourth-order valence-electron chi connectivity index (χ4n) is 1.00. The Morgan fingerprint density at radius 3 is 1.40 bits per heavy atom. The third kappa shape index (κ3) is 1.53. The summed E-state index contributed by atoms with van der Waals surface area (Å²) in [4.78, 5) is 0. The van der Waals surface area contributed by atoms with Crippen molar-refractivity contribution in [3.63, 3.8) is 0 Å². The molecule has 0 aliphatic rings. The molecule has 0 rings (SSSR count). The van der Waals surface area contributed by atoms with Crippen LogP contribution in [0, 0.1) is 29.6 Å². The average Bonchev–Trinajstić information content (AvgIpc) is 1.85. The predicted octanol–water partition coefficient (Wildman–Crippen LogP) is 2.94. The summed E-state index contributed by atoms with van der Waals surface area (Å²) in [5, 5.41) is 0. The van der Waals surface area contributed by atoms with E-state index in [1.165, 1.54) is 0 Å². The third-order valence-electron chi connectivity index (χ3n) is 2.71. The lowest BCUT2D eigenvalue weighted by molar-refractivity contribution is 0.221. The summed E-state index contributed by atoms with van der Waals surface area (Å²) in [6.07, 6.45) is 5.46. The molecule has 0 saturated carbocycles. The van der Waals surface area contributed by atoms with Crippen LogP contribution in [0.2, 0.25) is 0 Å². The summed E-state index contributed by atoms with van der Waals surface area (Å²) in [6.45, 7) is 10.9. The van der Waals surface area contributed by atoms with Gasteiger partial charge in [0.25, 0.3) is 0 Å². The molecule has 0 heterocycles. The van der Waals surface area contributed by atoms with Crippen molar-refractivity contribution in [3.05, 3.63) is 0 Å². The van der Waals surface area contributed by atoms with Gasteiger partial charge in [-0.3, -0.25) is 0 Å². The van der Waals surface area contributed by atoms with Crippen molar-refractivity contribution in [2.24, 2.45) is 17.3 Å². The van der Waals surface area contributed by atoms with Crippen molar-refractivity contribution >= 4 is 0 Å². The Balaban J connectivity index is 4.43. The van der Waals surface area contributed by atoms with Crippen LogP contribution in [0.25, 0.3) is 0 Å². The molecule has 0 saturated heterocycles. The number of hydrogen-bond acceptors (Lipinski definition) is 0. The van der Waals surface area contributed by atoms with Gasteiger partial charge in [0.15, 0.2) is 0 Å². The summed E-state index contributed by atoms with van der Waals surface area (Å²) in [5.41, 5.74) is 0.0694. The van der Waals surface area contributed by atoms with Crippen molar-refractivity contribution in [2.75, 3.05) is 0 Å². The standard InChI is InChI=1S/C10H18/c1-7-10(6,8(2)3)9(4)5/h1,8-9H,2-6H3. The topological polar surface area (TPSA) is 0 Å². The molecule has 0 aromatic rings. The molecule has 0 unspecified atom stereocenters. The molecule has 0 spiro atoms. The van der Waals surface area contributed by atoms with Crippen LogP contribution < -0.4 is 0 Å². The van der Waals surface area contributed by atoms with Gasteiger partial charge < -0.3 is 0 Å². The predicted molar refractivity (Wildman–Crippen MR) is 46.6 cm³/mol. The summed E-state index contributed by atoms with van der Waals surface area (Å²) >= 11 is 0. The minimum atomic E-state index is 0.0694. The van der Waals surface area contributed by atoms with Gasteiger partial charge in [-0.1, -0.05) is 33.6 Å². The second-order valence-electron chi connectivity index (χ2n) is 3.74. The van der Waals surface area contributed by atoms with Gasteiger partial charge in [-0.15, -0.1) is 6.42 Å². The van der Waals surface area contributed by atoms with Crippen molar-refractivity contribution < 1.29 is 0 Å². The monoisotopic (exact) mass is 138 g/mol. The molecule has 0 radical (unpaired) electrons. The molecule has 0 atom stereocenters. The maximum absolute atomic E-state index is 5.46. The van der Waals surface area contributed by atoms with Crippen LogP contribution in [0.4, 0.5) is 0 Å². The minimum absolute atomic E-state index is 0.0694. The first-order chi connectivity index (χ1) is 4.45. The molecule has 0 aliphatic heterocycles. The Hall–Kier alpha value is -0.440. The average molecular weight is 138 g/mol. The Morgan fingerprint density at radius 2 is 1.40 bits per heavy atom. The number of rotatable bonds is 2. The van der Waals surface area contributed by atoms with E-state index in [2.05, 4.69) is 40.5 Å². The van der Waals surface area contributed by atoms with E-state index >= 15 is 0 Å². The fourth-order valence-corrected chi connectivity index (χ4v) is 1.00. The zero-order chi connectivity index (χ0) is 8.36. The quantitative estimate of drug-likeness (QED) is 0.515. The highest BCUT2D eigenvalue weighted by atomic mass is 14.3. The second kappa shape index (κ2) is 3.10. The number of terminal acetylenes is 1. The Labute approximate surface area is 65.0 Å². The molecule has 0 amide bonds. The van der Waals surface area contributed by atoms with E-state index in [4.69, 9.17) is 6.42 Å². The number of hydrogen-bond donors (Lipinski definition) is 0.